The summed E-state index contributed by atoms with van der Waals surface area (Å²) in [5.41, 5.74) is 1.08. The van der Waals surface area contributed by atoms with Crippen LogP contribution in [0.4, 0.5) is 0 Å². The second kappa shape index (κ2) is 7.43. The molecule has 0 bridgehead atoms. The third-order valence-electron chi connectivity index (χ3n) is 3.75. The van der Waals surface area contributed by atoms with Gasteiger partial charge >= 0.3 is 5.97 Å². The summed E-state index contributed by atoms with van der Waals surface area (Å²) in [6.07, 6.45) is 3.30. The number of pyridine rings is 1. The highest BCUT2D eigenvalue weighted by Crippen LogP contribution is 2.16. The van der Waals surface area contributed by atoms with Crippen LogP contribution in [0.2, 0.25) is 0 Å². The Hall–Kier alpha value is -2.12. The molecule has 23 heavy (non-hydrogen) atoms. The van der Waals surface area contributed by atoms with Crippen LogP contribution < -0.4 is 4.74 Å². The van der Waals surface area contributed by atoms with Crippen molar-refractivity contribution in [2.24, 2.45) is 0 Å². The molecule has 124 valence electrons. The highest BCUT2D eigenvalue weighted by atomic mass is 16.5. The summed E-state index contributed by atoms with van der Waals surface area (Å²) in [6, 6.07) is 3.65. The molecule has 0 amide bonds. The number of hydrogen-bond acceptors (Lipinski definition) is 6. The second-order valence-electron chi connectivity index (χ2n) is 5.26. The van der Waals surface area contributed by atoms with E-state index in [2.05, 4.69) is 9.88 Å². The van der Waals surface area contributed by atoms with Crippen LogP contribution in [0.25, 0.3) is 5.65 Å². The van der Waals surface area contributed by atoms with E-state index in [4.69, 9.17) is 14.2 Å². The first-order chi connectivity index (χ1) is 11.3. The van der Waals surface area contributed by atoms with E-state index in [1.807, 2.05) is 12.1 Å². The minimum absolute atomic E-state index is 0.342. The van der Waals surface area contributed by atoms with Crippen LogP contribution in [0.1, 0.15) is 17.4 Å². The number of imidazole rings is 1. The largest absolute Gasteiger partial charge is 0.492 e. The molecule has 0 aliphatic carbocycles. The highest BCUT2D eigenvalue weighted by Gasteiger charge is 2.14. The number of morpholine rings is 1. The molecule has 0 N–H and O–H groups in total. The number of carbonyl (C=O) groups is 1. The molecule has 0 radical (unpaired) electrons. The number of aromatic nitrogens is 2. The van der Waals surface area contributed by atoms with Gasteiger partial charge in [-0.15, -0.1) is 0 Å². The van der Waals surface area contributed by atoms with Crippen molar-refractivity contribution in [3.63, 3.8) is 0 Å². The van der Waals surface area contributed by atoms with Gasteiger partial charge in [-0.05, 0) is 13.0 Å². The zero-order valence-corrected chi connectivity index (χ0v) is 13.2. The molecule has 1 aliphatic heterocycles. The number of esters is 1. The number of hydrogen-bond donors (Lipinski definition) is 0. The lowest BCUT2D eigenvalue weighted by Gasteiger charge is -2.26. The fraction of sp³-hybridized carbons (Fsp3) is 0.500. The van der Waals surface area contributed by atoms with Crippen LogP contribution in [-0.4, -0.2) is 66.3 Å². The summed E-state index contributed by atoms with van der Waals surface area (Å²) < 4.78 is 17.8. The lowest BCUT2D eigenvalue weighted by atomic mass is 10.4. The van der Waals surface area contributed by atoms with Gasteiger partial charge in [-0.25, -0.2) is 9.78 Å². The van der Waals surface area contributed by atoms with Crippen LogP contribution in [0.3, 0.4) is 0 Å². The van der Waals surface area contributed by atoms with Gasteiger partial charge in [0.1, 0.15) is 18.0 Å². The Bertz CT molecular complexity index is 664. The van der Waals surface area contributed by atoms with Gasteiger partial charge in [0.15, 0.2) is 5.69 Å². The molecule has 2 aromatic rings. The van der Waals surface area contributed by atoms with E-state index in [0.717, 1.165) is 38.6 Å². The Morgan fingerprint density at radius 3 is 3.00 bits per heavy atom. The van der Waals surface area contributed by atoms with Crippen LogP contribution in [0, 0.1) is 0 Å². The van der Waals surface area contributed by atoms with E-state index in [1.54, 1.807) is 17.5 Å². The average molecular weight is 319 g/mol. The predicted molar refractivity (Wildman–Crippen MR) is 83.9 cm³/mol. The Balaban J connectivity index is 1.60. The zero-order valence-electron chi connectivity index (χ0n) is 13.2. The summed E-state index contributed by atoms with van der Waals surface area (Å²) >= 11 is 0. The van der Waals surface area contributed by atoms with Crippen molar-refractivity contribution < 1.29 is 19.0 Å². The molecule has 0 aromatic carbocycles. The van der Waals surface area contributed by atoms with Gasteiger partial charge in [-0.2, -0.15) is 0 Å². The monoisotopic (exact) mass is 319 g/mol. The summed E-state index contributed by atoms with van der Waals surface area (Å²) in [4.78, 5) is 18.4. The first kappa shape index (κ1) is 15.8. The highest BCUT2D eigenvalue weighted by molar-refractivity contribution is 5.88. The Labute approximate surface area is 134 Å². The van der Waals surface area contributed by atoms with Crippen LogP contribution in [0.15, 0.2) is 24.5 Å². The van der Waals surface area contributed by atoms with E-state index < -0.39 is 0 Å². The average Bonchev–Trinajstić information content (AvgIpc) is 2.99. The first-order valence-electron chi connectivity index (χ1n) is 7.85. The van der Waals surface area contributed by atoms with Gasteiger partial charge in [0.2, 0.25) is 0 Å². The molecule has 3 heterocycles. The molecular weight excluding hydrogens is 298 g/mol. The molecule has 7 heteroatoms. The summed E-state index contributed by atoms with van der Waals surface area (Å²) in [5, 5.41) is 0. The molecular formula is C16H21N3O4. The molecule has 1 saturated heterocycles. The van der Waals surface area contributed by atoms with Crippen molar-refractivity contribution in [1.82, 2.24) is 14.3 Å². The van der Waals surface area contributed by atoms with Gasteiger partial charge in [0, 0.05) is 31.9 Å². The van der Waals surface area contributed by atoms with Crippen molar-refractivity contribution in [2.45, 2.75) is 6.92 Å². The number of fused-ring (bicyclic) bond motifs is 1. The van der Waals surface area contributed by atoms with Gasteiger partial charge in [0.05, 0.1) is 26.0 Å². The maximum atomic E-state index is 11.8. The van der Waals surface area contributed by atoms with E-state index in [9.17, 15) is 4.79 Å². The normalized spacial score (nSPS) is 15.7. The third kappa shape index (κ3) is 3.80. The van der Waals surface area contributed by atoms with Gasteiger partial charge in [0.25, 0.3) is 0 Å². The third-order valence-corrected chi connectivity index (χ3v) is 3.75. The van der Waals surface area contributed by atoms with Gasteiger partial charge in [-0.3, -0.25) is 9.30 Å². The fourth-order valence-corrected chi connectivity index (χ4v) is 2.53. The SMILES string of the molecule is CCOC(=O)c1cnc2cc(OCCN3CCOCC3)ccn12. The second-order valence-corrected chi connectivity index (χ2v) is 5.26. The molecule has 7 nitrogen and oxygen atoms in total. The molecule has 0 atom stereocenters. The Morgan fingerprint density at radius 2 is 2.22 bits per heavy atom. The molecule has 1 fully saturated rings. The van der Waals surface area contributed by atoms with Gasteiger partial charge in [-0.1, -0.05) is 0 Å². The molecule has 2 aromatic heterocycles. The van der Waals surface area contributed by atoms with Crippen molar-refractivity contribution in [2.75, 3.05) is 46.1 Å². The Kier molecular flexibility index (Phi) is 5.09. The van der Waals surface area contributed by atoms with Crippen molar-refractivity contribution in [3.8, 4) is 5.75 Å². The summed E-state index contributed by atoms with van der Waals surface area (Å²) in [5.74, 6) is 0.368. The molecule has 0 spiro atoms. The molecule has 3 rings (SSSR count). The summed E-state index contributed by atoms with van der Waals surface area (Å²) in [6.45, 7) is 7.08. The Morgan fingerprint density at radius 1 is 1.39 bits per heavy atom. The van der Waals surface area contributed by atoms with Crippen LogP contribution in [0.5, 0.6) is 5.75 Å². The van der Waals surface area contributed by atoms with Crippen molar-refractivity contribution >= 4 is 11.6 Å². The standard InChI is InChI=1S/C16H21N3O4/c1-2-22-16(20)14-12-17-15-11-13(3-4-19(14)15)23-10-7-18-5-8-21-9-6-18/h3-4,11-12H,2,5-10H2,1H3. The van der Waals surface area contributed by atoms with E-state index in [0.29, 0.717) is 24.6 Å². The quantitative estimate of drug-likeness (QED) is 0.746. The maximum Gasteiger partial charge on any atom is 0.356 e. The van der Waals surface area contributed by atoms with E-state index in [-0.39, 0.29) is 5.97 Å². The number of ether oxygens (including phenoxy) is 3. The van der Waals surface area contributed by atoms with Crippen molar-refractivity contribution in [1.29, 1.82) is 0 Å². The molecule has 0 saturated carbocycles. The van der Waals surface area contributed by atoms with E-state index in [1.165, 1.54) is 6.20 Å². The van der Waals surface area contributed by atoms with Crippen LogP contribution in [-0.2, 0) is 9.47 Å². The zero-order chi connectivity index (χ0) is 16.1. The topological polar surface area (TPSA) is 65.3 Å². The van der Waals surface area contributed by atoms with Crippen molar-refractivity contribution in [3.05, 3.63) is 30.2 Å². The first-order valence-corrected chi connectivity index (χ1v) is 7.85. The molecule has 1 aliphatic rings. The predicted octanol–water partition coefficient (Wildman–Crippen LogP) is 1.22. The minimum Gasteiger partial charge on any atom is -0.492 e. The number of nitrogens with zero attached hydrogens (tertiary/aromatic N) is 3. The maximum absolute atomic E-state index is 11.8. The number of rotatable bonds is 6. The lowest BCUT2D eigenvalue weighted by molar-refractivity contribution is 0.0322. The van der Waals surface area contributed by atoms with Gasteiger partial charge < -0.3 is 14.2 Å². The lowest BCUT2D eigenvalue weighted by Crippen LogP contribution is -2.38. The minimum atomic E-state index is -0.374. The number of carbonyl (C=O) groups excluding carboxylic acids is 1. The van der Waals surface area contributed by atoms with Crippen LogP contribution >= 0.6 is 0 Å². The fourth-order valence-electron chi connectivity index (χ4n) is 2.53. The smallest absolute Gasteiger partial charge is 0.356 e. The van der Waals surface area contributed by atoms with E-state index >= 15 is 0 Å². The molecule has 0 unspecified atom stereocenters. The summed E-state index contributed by atoms with van der Waals surface area (Å²) in [7, 11) is 0.